The van der Waals surface area contributed by atoms with Crippen molar-refractivity contribution in [3.05, 3.63) is 23.8 Å². The Morgan fingerprint density at radius 3 is 2.71 bits per heavy atom. The van der Waals surface area contributed by atoms with Crippen LogP contribution in [-0.2, 0) is 9.53 Å². The minimum Gasteiger partial charge on any atom is -0.433 e. The lowest BCUT2D eigenvalue weighted by Crippen LogP contribution is -2.36. The van der Waals surface area contributed by atoms with E-state index in [-0.39, 0.29) is 24.8 Å². The van der Waals surface area contributed by atoms with Crippen molar-refractivity contribution in [2.45, 2.75) is 20.5 Å². The van der Waals surface area contributed by atoms with Crippen LogP contribution in [0.3, 0.4) is 0 Å². The van der Waals surface area contributed by atoms with Gasteiger partial charge in [0.25, 0.3) is 0 Å². The fourth-order valence-electron chi connectivity index (χ4n) is 1.90. The Balaban J connectivity index is 3.12. The summed E-state index contributed by atoms with van der Waals surface area (Å²) in [6.07, 6.45) is 0. The van der Waals surface area contributed by atoms with Gasteiger partial charge >= 0.3 is 6.61 Å². The topological polar surface area (TPSA) is 38.8 Å². The molecular formula is C14H18ClF2NO3. The minimum absolute atomic E-state index is 0.0556. The van der Waals surface area contributed by atoms with E-state index >= 15 is 0 Å². The number of anilines is 1. The van der Waals surface area contributed by atoms with E-state index in [0.29, 0.717) is 17.9 Å². The molecule has 0 heterocycles. The molecule has 0 aliphatic carbocycles. The number of carbonyl (C=O) groups is 1. The number of alkyl halides is 3. The van der Waals surface area contributed by atoms with Gasteiger partial charge in [-0.3, -0.25) is 4.79 Å². The standard InChI is InChI=1S/C14H18ClF2NO3/c1-3-20-8-7-18(12(19)9-15)13-10(2)5-4-6-11(13)21-14(16)17/h4-6,14H,3,7-9H2,1-2H3. The zero-order valence-corrected chi connectivity index (χ0v) is 12.7. The van der Waals surface area contributed by atoms with Crippen LogP contribution in [0.2, 0.25) is 0 Å². The molecule has 1 aromatic rings. The molecule has 0 aliphatic heterocycles. The van der Waals surface area contributed by atoms with Crippen LogP contribution in [0.25, 0.3) is 0 Å². The van der Waals surface area contributed by atoms with Crippen LogP contribution in [0, 0.1) is 6.92 Å². The van der Waals surface area contributed by atoms with Gasteiger partial charge in [-0.15, -0.1) is 11.6 Å². The number of aryl methyl sites for hydroxylation is 1. The number of hydrogen-bond donors (Lipinski definition) is 0. The van der Waals surface area contributed by atoms with Gasteiger partial charge in [0.15, 0.2) is 0 Å². The number of benzene rings is 1. The Morgan fingerprint density at radius 1 is 1.43 bits per heavy atom. The zero-order valence-electron chi connectivity index (χ0n) is 11.9. The molecule has 0 unspecified atom stereocenters. The molecule has 21 heavy (non-hydrogen) atoms. The SMILES string of the molecule is CCOCCN(C(=O)CCl)c1c(C)cccc1OC(F)F. The quantitative estimate of drug-likeness (QED) is 0.545. The molecule has 4 nitrogen and oxygen atoms in total. The summed E-state index contributed by atoms with van der Waals surface area (Å²) in [7, 11) is 0. The highest BCUT2D eigenvalue weighted by molar-refractivity contribution is 6.29. The molecule has 0 N–H and O–H groups in total. The maximum atomic E-state index is 12.5. The lowest BCUT2D eigenvalue weighted by molar-refractivity contribution is -0.116. The van der Waals surface area contributed by atoms with Crippen LogP contribution in [0.5, 0.6) is 5.75 Å². The normalized spacial score (nSPS) is 10.8. The smallest absolute Gasteiger partial charge is 0.387 e. The lowest BCUT2D eigenvalue weighted by atomic mass is 10.1. The molecule has 7 heteroatoms. The van der Waals surface area contributed by atoms with E-state index in [1.165, 1.54) is 11.0 Å². The van der Waals surface area contributed by atoms with E-state index in [2.05, 4.69) is 4.74 Å². The fourth-order valence-corrected chi connectivity index (χ4v) is 2.05. The molecule has 1 aromatic carbocycles. The molecule has 0 bridgehead atoms. The summed E-state index contributed by atoms with van der Waals surface area (Å²) in [6, 6.07) is 4.69. The maximum absolute atomic E-state index is 12.5. The van der Waals surface area contributed by atoms with Gasteiger partial charge in [0.2, 0.25) is 5.91 Å². The van der Waals surface area contributed by atoms with Crippen molar-refractivity contribution in [3.8, 4) is 5.75 Å². The molecule has 0 saturated carbocycles. The van der Waals surface area contributed by atoms with Crippen LogP contribution >= 0.6 is 11.6 Å². The van der Waals surface area contributed by atoms with Gasteiger partial charge in [-0.25, -0.2) is 0 Å². The lowest BCUT2D eigenvalue weighted by Gasteiger charge is -2.26. The summed E-state index contributed by atoms with van der Waals surface area (Å²) < 4.78 is 34.7. The van der Waals surface area contributed by atoms with E-state index in [1.807, 2.05) is 6.92 Å². The highest BCUT2D eigenvalue weighted by Crippen LogP contribution is 2.33. The van der Waals surface area contributed by atoms with Crippen molar-refractivity contribution in [1.29, 1.82) is 0 Å². The number of nitrogens with zero attached hydrogens (tertiary/aromatic N) is 1. The first-order valence-corrected chi connectivity index (χ1v) is 7.03. The van der Waals surface area contributed by atoms with Crippen LogP contribution in [0.1, 0.15) is 12.5 Å². The van der Waals surface area contributed by atoms with Crippen molar-refractivity contribution >= 4 is 23.2 Å². The maximum Gasteiger partial charge on any atom is 0.387 e. The molecule has 0 spiro atoms. The van der Waals surface area contributed by atoms with Crippen LogP contribution < -0.4 is 9.64 Å². The molecule has 1 rings (SSSR count). The summed E-state index contributed by atoms with van der Waals surface area (Å²) in [5, 5.41) is 0. The Labute approximate surface area is 127 Å². The number of para-hydroxylation sites is 1. The van der Waals surface area contributed by atoms with Gasteiger partial charge in [0, 0.05) is 13.2 Å². The second-order valence-corrected chi connectivity index (χ2v) is 4.44. The number of ether oxygens (including phenoxy) is 2. The Hall–Kier alpha value is -1.40. The molecule has 0 fully saturated rings. The summed E-state index contributed by atoms with van der Waals surface area (Å²) in [6.45, 7) is 1.56. The molecule has 0 aromatic heterocycles. The zero-order chi connectivity index (χ0) is 15.8. The van der Waals surface area contributed by atoms with Gasteiger partial charge in [0.1, 0.15) is 11.6 Å². The molecule has 1 amide bonds. The molecule has 118 valence electrons. The fraction of sp³-hybridized carbons (Fsp3) is 0.500. The third kappa shape index (κ3) is 5.13. The number of halogens is 3. The third-order valence-electron chi connectivity index (χ3n) is 2.77. The predicted molar refractivity (Wildman–Crippen MR) is 77.4 cm³/mol. The Kier molecular flexibility index (Phi) is 7.39. The van der Waals surface area contributed by atoms with Crippen molar-refractivity contribution < 1.29 is 23.0 Å². The number of amides is 1. The Morgan fingerprint density at radius 2 is 2.14 bits per heavy atom. The molecular weight excluding hydrogens is 304 g/mol. The average molecular weight is 322 g/mol. The van der Waals surface area contributed by atoms with Gasteiger partial charge in [-0.05, 0) is 25.5 Å². The van der Waals surface area contributed by atoms with Gasteiger partial charge in [-0.1, -0.05) is 12.1 Å². The molecule has 0 atom stereocenters. The van der Waals surface area contributed by atoms with Gasteiger partial charge in [0.05, 0.1) is 12.3 Å². The molecule has 0 aliphatic rings. The average Bonchev–Trinajstić information content (AvgIpc) is 2.44. The van der Waals surface area contributed by atoms with E-state index in [4.69, 9.17) is 16.3 Å². The minimum atomic E-state index is -2.97. The second-order valence-electron chi connectivity index (χ2n) is 4.18. The first-order chi connectivity index (χ1) is 10.0. The van der Waals surface area contributed by atoms with E-state index < -0.39 is 12.5 Å². The highest BCUT2D eigenvalue weighted by Gasteiger charge is 2.22. The van der Waals surface area contributed by atoms with Crippen molar-refractivity contribution in [3.63, 3.8) is 0 Å². The van der Waals surface area contributed by atoms with E-state index in [9.17, 15) is 13.6 Å². The summed E-state index contributed by atoms with van der Waals surface area (Å²) >= 11 is 5.60. The van der Waals surface area contributed by atoms with Gasteiger partial charge < -0.3 is 14.4 Å². The highest BCUT2D eigenvalue weighted by atomic mass is 35.5. The third-order valence-corrected chi connectivity index (χ3v) is 2.99. The van der Waals surface area contributed by atoms with Crippen LogP contribution in [-0.4, -0.2) is 38.2 Å². The first-order valence-electron chi connectivity index (χ1n) is 6.49. The van der Waals surface area contributed by atoms with E-state index in [1.54, 1.807) is 19.1 Å². The first kappa shape index (κ1) is 17.7. The van der Waals surface area contributed by atoms with Crippen molar-refractivity contribution in [2.24, 2.45) is 0 Å². The summed E-state index contributed by atoms with van der Waals surface area (Å²) in [5.41, 5.74) is 0.936. The summed E-state index contributed by atoms with van der Waals surface area (Å²) in [4.78, 5) is 13.3. The van der Waals surface area contributed by atoms with Crippen molar-refractivity contribution in [1.82, 2.24) is 0 Å². The number of rotatable bonds is 8. The Bertz CT molecular complexity index is 472. The molecule has 0 radical (unpaired) electrons. The monoisotopic (exact) mass is 321 g/mol. The largest absolute Gasteiger partial charge is 0.433 e. The summed E-state index contributed by atoms with van der Waals surface area (Å²) in [5.74, 6) is -0.709. The number of hydrogen-bond acceptors (Lipinski definition) is 3. The van der Waals surface area contributed by atoms with Crippen LogP contribution in [0.4, 0.5) is 14.5 Å². The van der Waals surface area contributed by atoms with E-state index in [0.717, 1.165) is 0 Å². The van der Waals surface area contributed by atoms with Crippen LogP contribution in [0.15, 0.2) is 18.2 Å². The van der Waals surface area contributed by atoms with Gasteiger partial charge in [-0.2, -0.15) is 8.78 Å². The van der Waals surface area contributed by atoms with Crippen molar-refractivity contribution in [2.75, 3.05) is 30.5 Å². The predicted octanol–water partition coefficient (Wildman–Crippen LogP) is 3.20. The second kappa shape index (κ2) is 8.79. The number of carbonyl (C=O) groups excluding carboxylic acids is 1. The molecule has 0 saturated heterocycles.